The molecular weight excluding hydrogens is 334 g/mol. The summed E-state index contributed by atoms with van der Waals surface area (Å²) in [5, 5.41) is 2.42. The van der Waals surface area contributed by atoms with Crippen molar-refractivity contribution < 1.29 is 18.5 Å². The normalized spacial score (nSPS) is 21.2. The summed E-state index contributed by atoms with van der Waals surface area (Å²) < 4.78 is 27.4. The minimum atomic E-state index is -0.748. The van der Waals surface area contributed by atoms with Gasteiger partial charge in [-0.1, -0.05) is 36.4 Å². The highest BCUT2D eigenvalue weighted by Crippen LogP contribution is 2.19. The van der Waals surface area contributed by atoms with Crippen LogP contribution in [0.15, 0.2) is 48.5 Å². The Bertz CT molecular complexity index is 723. The first-order valence-corrected chi connectivity index (χ1v) is 9.18. The molecule has 0 radical (unpaired) electrons. The number of benzene rings is 2. The van der Waals surface area contributed by atoms with Gasteiger partial charge in [0.2, 0.25) is 0 Å². The lowest BCUT2D eigenvalue weighted by Crippen LogP contribution is -3.17. The SMILES string of the molecule is C[C@H](C(=O)Nc1c(F)cccc1F)[NH+]1CCC(Cc2ccccc2)CC1. The fourth-order valence-electron chi connectivity index (χ4n) is 3.67. The Labute approximate surface area is 153 Å². The zero-order valence-corrected chi connectivity index (χ0v) is 15.0. The van der Waals surface area contributed by atoms with Gasteiger partial charge >= 0.3 is 0 Å². The number of carbonyl (C=O) groups is 1. The number of para-hydroxylation sites is 1. The van der Waals surface area contributed by atoms with Crippen LogP contribution in [-0.2, 0) is 11.2 Å². The van der Waals surface area contributed by atoms with Gasteiger partial charge in [-0.15, -0.1) is 0 Å². The molecule has 1 saturated heterocycles. The Morgan fingerprint density at radius 2 is 1.69 bits per heavy atom. The van der Waals surface area contributed by atoms with E-state index in [1.165, 1.54) is 16.5 Å². The number of quaternary nitrogens is 1. The Hall–Kier alpha value is -2.27. The Kier molecular flexibility index (Phi) is 5.99. The molecule has 5 heteroatoms. The maximum atomic E-state index is 13.7. The summed E-state index contributed by atoms with van der Waals surface area (Å²) in [6.45, 7) is 3.61. The van der Waals surface area contributed by atoms with Gasteiger partial charge in [0.25, 0.3) is 5.91 Å². The van der Waals surface area contributed by atoms with Crippen molar-refractivity contribution in [2.75, 3.05) is 18.4 Å². The lowest BCUT2D eigenvalue weighted by atomic mass is 9.89. The number of piperidine rings is 1. The number of amides is 1. The van der Waals surface area contributed by atoms with Crippen LogP contribution in [0.3, 0.4) is 0 Å². The first-order valence-electron chi connectivity index (χ1n) is 9.18. The number of rotatable bonds is 5. The average Bonchev–Trinajstić information content (AvgIpc) is 2.65. The molecule has 2 N–H and O–H groups in total. The molecule has 2 aromatic rings. The molecule has 1 fully saturated rings. The highest BCUT2D eigenvalue weighted by atomic mass is 19.1. The quantitative estimate of drug-likeness (QED) is 0.846. The van der Waals surface area contributed by atoms with Crippen LogP contribution in [0.25, 0.3) is 0 Å². The average molecular weight is 359 g/mol. The Morgan fingerprint density at radius 1 is 1.08 bits per heavy atom. The molecule has 138 valence electrons. The Balaban J connectivity index is 1.53. The van der Waals surface area contributed by atoms with Crippen LogP contribution in [0.2, 0.25) is 0 Å². The van der Waals surface area contributed by atoms with Gasteiger partial charge in [-0.2, -0.15) is 0 Å². The number of likely N-dealkylation sites (tertiary alicyclic amines) is 1. The van der Waals surface area contributed by atoms with E-state index in [1.54, 1.807) is 0 Å². The van der Waals surface area contributed by atoms with E-state index in [1.807, 2.05) is 13.0 Å². The van der Waals surface area contributed by atoms with Crippen molar-refractivity contribution in [1.29, 1.82) is 0 Å². The number of hydrogen-bond acceptors (Lipinski definition) is 1. The summed E-state index contributed by atoms with van der Waals surface area (Å²) in [7, 11) is 0. The van der Waals surface area contributed by atoms with Gasteiger partial charge in [0.1, 0.15) is 17.3 Å². The van der Waals surface area contributed by atoms with Crippen LogP contribution in [0.4, 0.5) is 14.5 Å². The van der Waals surface area contributed by atoms with Gasteiger partial charge in [-0.25, -0.2) is 8.78 Å². The van der Waals surface area contributed by atoms with Gasteiger partial charge < -0.3 is 10.2 Å². The maximum absolute atomic E-state index is 13.7. The molecular formula is C21H25F2N2O+. The van der Waals surface area contributed by atoms with E-state index in [-0.39, 0.29) is 17.6 Å². The molecule has 1 aliphatic rings. The third-order valence-electron chi connectivity index (χ3n) is 5.33. The molecule has 0 saturated carbocycles. The van der Waals surface area contributed by atoms with Crippen molar-refractivity contribution in [2.45, 2.75) is 32.2 Å². The molecule has 1 aliphatic heterocycles. The third kappa shape index (κ3) is 4.47. The minimum Gasteiger partial charge on any atom is -0.325 e. The smallest absolute Gasteiger partial charge is 0.282 e. The summed E-state index contributed by atoms with van der Waals surface area (Å²) in [6, 6.07) is 13.7. The molecule has 3 nitrogen and oxygen atoms in total. The van der Waals surface area contributed by atoms with E-state index in [0.29, 0.717) is 5.92 Å². The minimum absolute atomic E-state index is 0.341. The van der Waals surface area contributed by atoms with Gasteiger partial charge in [-0.05, 0) is 49.8 Å². The number of nitrogens with one attached hydrogen (secondary N) is 2. The molecule has 0 unspecified atom stereocenters. The molecule has 0 spiro atoms. The van der Waals surface area contributed by atoms with Crippen LogP contribution in [-0.4, -0.2) is 25.0 Å². The monoisotopic (exact) mass is 359 g/mol. The number of hydrogen-bond donors (Lipinski definition) is 2. The maximum Gasteiger partial charge on any atom is 0.282 e. The van der Waals surface area contributed by atoms with Crippen molar-refractivity contribution in [3.8, 4) is 0 Å². The molecule has 1 atom stereocenters. The van der Waals surface area contributed by atoms with Crippen LogP contribution in [0.5, 0.6) is 0 Å². The standard InChI is InChI=1S/C21H24F2N2O/c1-15(21(26)24-20-18(22)8-5-9-19(20)23)25-12-10-17(11-13-25)14-16-6-3-2-4-7-16/h2-9,15,17H,10-14H2,1H3,(H,24,26)/p+1/t15-/m1/s1. The molecule has 2 aromatic carbocycles. The third-order valence-corrected chi connectivity index (χ3v) is 5.33. The number of halogens is 2. The first-order chi connectivity index (χ1) is 12.5. The Morgan fingerprint density at radius 3 is 2.31 bits per heavy atom. The van der Waals surface area contributed by atoms with E-state index in [0.717, 1.165) is 44.5 Å². The molecule has 1 amide bonds. The molecule has 1 heterocycles. The van der Waals surface area contributed by atoms with Gasteiger partial charge in [-0.3, -0.25) is 4.79 Å². The summed E-state index contributed by atoms with van der Waals surface area (Å²) in [5.74, 6) is -1.21. The van der Waals surface area contributed by atoms with Crippen molar-refractivity contribution in [1.82, 2.24) is 0 Å². The van der Waals surface area contributed by atoms with E-state index >= 15 is 0 Å². The fraction of sp³-hybridized carbons (Fsp3) is 0.381. The van der Waals surface area contributed by atoms with E-state index in [2.05, 4.69) is 29.6 Å². The van der Waals surface area contributed by atoms with Crippen molar-refractivity contribution in [3.05, 3.63) is 65.7 Å². The molecule has 3 rings (SSSR count). The summed E-state index contributed by atoms with van der Waals surface area (Å²) >= 11 is 0. The molecule has 26 heavy (non-hydrogen) atoms. The van der Waals surface area contributed by atoms with Gasteiger partial charge in [0.15, 0.2) is 6.04 Å². The van der Waals surface area contributed by atoms with Crippen LogP contribution >= 0.6 is 0 Å². The zero-order valence-electron chi connectivity index (χ0n) is 15.0. The molecule has 0 aromatic heterocycles. The highest BCUT2D eigenvalue weighted by Gasteiger charge is 2.30. The largest absolute Gasteiger partial charge is 0.325 e. The van der Waals surface area contributed by atoms with Crippen LogP contribution in [0.1, 0.15) is 25.3 Å². The lowest BCUT2D eigenvalue weighted by Gasteiger charge is -2.32. The predicted octanol–water partition coefficient (Wildman–Crippen LogP) is 2.83. The number of carbonyl (C=O) groups excluding carboxylic acids is 1. The van der Waals surface area contributed by atoms with E-state index in [9.17, 15) is 13.6 Å². The second-order valence-electron chi connectivity index (χ2n) is 7.10. The second-order valence-corrected chi connectivity index (χ2v) is 7.10. The van der Waals surface area contributed by atoms with Gasteiger partial charge in [0.05, 0.1) is 13.1 Å². The van der Waals surface area contributed by atoms with E-state index in [4.69, 9.17) is 0 Å². The number of anilines is 1. The predicted molar refractivity (Wildman–Crippen MR) is 98.0 cm³/mol. The lowest BCUT2D eigenvalue weighted by molar-refractivity contribution is -0.919. The summed E-state index contributed by atoms with van der Waals surface area (Å²) in [5.41, 5.74) is 0.990. The molecule has 0 aliphatic carbocycles. The first kappa shape index (κ1) is 18.5. The van der Waals surface area contributed by atoms with Gasteiger partial charge in [0, 0.05) is 0 Å². The van der Waals surface area contributed by atoms with E-state index < -0.39 is 11.6 Å². The summed E-state index contributed by atoms with van der Waals surface area (Å²) in [6.07, 6.45) is 3.17. The van der Waals surface area contributed by atoms with Crippen molar-refractivity contribution in [3.63, 3.8) is 0 Å². The van der Waals surface area contributed by atoms with Crippen molar-refractivity contribution >= 4 is 11.6 Å². The summed E-state index contributed by atoms with van der Waals surface area (Å²) in [4.78, 5) is 13.6. The molecule has 0 bridgehead atoms. The zero-order chi connectivity index (χ0) is 18.5. The van der Waals surface area contributed by atoms with Crippen LogP contribution < -0.4 is 10.2 Å². The highest BCUT2D eigenvalue weighted by molar-refractivity contribution is 5.93. The van der Waals surface area contributed by atoms with Crippen LogP contribution in [0, 0.1) is 17.6 Å². The second kappa shape index (κ2) is 8.41. The van der Waals surface area contributed by atoms with Crippen molar-refractivity contribution in [2.24, 2.45) is 5.92 Å². The fourth-order valence-corrected chi connectivity index (χ4v) is 3.67. The topological polar surface area (TPSA) is 33.5 Å².